The van der Waals surface area contributed by atoms with Crippen molar-refractivity contribution < 1.29 is 13.9 Å². The molecule has 0 N–H and O–H groups in total. The van der Waals surface area contributed by atoms with E-state index < -0.39 is 0 Å². The lowest BCUT2D eigenvalue weighted by Gasteiger charge is -2.30. The summed E-state index contributed by atoms with van der Waals surface area (Å²) in [6.07, 6.45) is 2.46. The van der Waals surface area contributed by atoms with Crippen LogP contribution in [0.2, 0.25) is 0 Å². The largest absolute Gasteiger partial charge is 0.445 e. The molecule has 0 radical (unpaired) electrons. The van der Waals surface area contributed by atoms with E-state index in [-0.39, 0.29) is 5.91 Å². The molecule has 6 nitrogen and oxygen atoms in total. The van der Waals surface area contributed by atoms with Crippen molar-refractivity contribution >= 4 is 5.91 Å². The number of fused-ring (bicyclic) bond motifs is 1. The van der Waals surface area contributed by atoms with Crippen LogP contribution in [0.5, 0.6) is 0 Å². The van der Waals surface area contributed by atoms with E-state index in [0.29, 0.717) is 32.8 Å². The van der Waals surface area contributed by atoms with Crippen molar-refractivity contribution in [2.24, 2.45) is 0 Å². The number of hydrogen-bond acceptors (Lipinski definition) is 5. The van der Waals surface area contributed by atoms with Gasteiger partial charge < -0.3 is 14.1 Å². The van der Waals surface area contributed by atoms with Gasteiger partial charge in [0.15, 0.2) is 5.89 Å². The van der Waals surface area contributed by atoms with Gasteiger partial charge in [0, 0.05) is 32.5 Å². The Morgan fingerprint density at radius 1 is 1.08 bits per heavy atom. The van der Waals surface area contributed by atoms with Crippen LogP contribution in [-0.4, -0.2) is 60.1 Å². The predicted octanol–water partition coefficient (Wildman–Crippen LogP) is 1.68. The standard InChI is InChI=1S/C20H25N3O3/c24-20(15-22-10-12-25-13-11-22)23-9-8-18-17(14-23)21-19(26-18)7-6-16-4-2-1-3-5-16/h1-5H,6-15H2. The molecule has 0 unspecified atom stereocenters. The SMILES string of the molecule is O=C(CN1CCOCC1)N1CCc2oc(CCc3ccccc3)nc2C1. The lowest BCUT2D eigenvalue weighted by molar-refractivity contribution is -0.134. The van der Waals surface area contributed by atoms with Gasteiger partial charge >= 0.3 is 0 Å². The van der Waals surface area contributed by atoms with Crippen molar-refractivity contribution in [3.8, 4) is 0 Å². The molecule has 2 aliphatic rings. The molecule has 3 heterocycles. The number of amides is 1. The molecule has 6 heteroatoms. The molecular formula is C20H25N3O3. The third kappa shape index (κ3) is 4.14. The summed E-state index contributed by atoms with van der Waals surface area (Å²) in [5, 5.41) is 0. The summed E-state index contributed by atoms with van der Waals surface area (Å²) >= 11 is 0. The van der Waals surface area contributed by atoms with E-state index in [1.807, 2.05) is 23.1 Å². The Morgan fingerprint density at radius 3 is 2.69 bits per heavy atom. The number of aryl methyl sites for hydroxylation is 2. The maximum atomic E-state index is 12.6. The van der Waals surface area contributed by atoms with E-state index in [2.05, 4.69) is 22.0 Å². The minimum absolute atomic E-state index is 0.173. The number of carbonyl (C=O) groups is 1. The fourth-order valence-electron chi connectivity index (χ4n) is 3.52. The summed E-state index contributed by atoms with van der Waals surface area (Å²) in [5.41, 5.74) is 2.21. The highest BCUT2D eigenvalue weighted by Crippen LogP contribution is 2.21. The molecule has 1 aromatic heterocycles. The molecule has 0 atom stereocenters. The number of nitrogens with zero attached hydrogens (tertiary/aromatic N) is 3. The molecule has 0 aliphatic carbocycles. The predicted molar refractivity (Wildman–Crippen MR) is 96.7 cm³/mol. The molecule has 1 amide bonds. The Morgan fingerprint density at radius 2 is 1.88 bits per heavy atom. The molecule has 4 rings (SSSR count). The van der Waals surface area contributed by atoms with E-state index in [1.54, 1.807) is 0 Å². The Bertz CT molecular complexity index is 738. The lowest BCUT2D eigenvalue weighted by atomic mass is 10.1. The quantitative estimate of drug-likeness (QED) is 0.817. The second-order valence-corrected chi connectivity index (χ2v) is 6.92. The normalized spacial score (nSPS) is 17.9. The van der Waals surface area contributed by atoms with Gasteiger partial charge in [-0.1, -0.05) is 30.3 Å². The van der Waals surface area contributed by atoms with Crippen molar-refractivity contribution in [2.75, 3.05) is 39.4 Å². The second kappa shape index (κ2) is 8.01. The van der Waals surface area contributed by atoms with Crippen molar-refractivity contribution in [3.63, 3.8) is 0 Å². The zero-order valence-corrected chi connectivity index (χ0v) is 15.0. The second-order valence-electron chi connectivity index (χ2n) is 6.92. The Kier molecular flexibility index (Phi) is 5.32. The van der Waals surface area contributed by atoms with Crippen LogP contribution in [0.3, 0.4) is 0 Å². The van der Waals surface area contributed by atoms with Crippen LogP contribution in [0.1, 0.15) is 22.9 Å². The number of carbonyl (C=O) groups excluding carboxylic acids is 1. The van der Waals surface area contributed by atoms with Crippen LogP contribution >= 0.6 is 0 Å². The molecular weight excluding hydrogens is 330 g/mol. The first kappa shape index (κ1) is 17.2. The zero-order chi connectivity index (χ0) is 17.8. The van der Waals surface area contributed by atoms with Gasteiger partial charge in [0.2, 0.25) is 5.91 Å². The summed E-state index contributed by atoms with van der Waals surface area (Å²) in [4.78, 5) is 21.3. The van der Waals surface area contributed by atoms with Gasteiger partial charge in [0.1, 0.15) is 11.5 Å². The van der Waals surface area contributed by atoms with Crippen molar-refractivity contribution in [3.05, 3.63) is 53.2 Å². The highest BCUT2D eigenvalue weighted by atomic mass is 16.5. The third-order valence-electron chi connectivity index (χ3n) is 5.06. The van der Waals surface area contributed by atoms with Crippen LogP contribution < -0.4 is 0 Å². The Hall–Kier alpha value is -2.18. The smallest absolute Gasteiger partial charge is 0.237 e. The van der Waals surface area contributed by atoms with Gasteiger partial charge in [-0.25, -0.2) is 4.98 Å². The summed E-state index contributed by atoms with van der Waals surface area (Å²) in [5.74, 6) is 1.90. The summed E-state index contributed by atoms with van der Waals surface area (Å²) < 4.78 is 11.3. The van der Waals surface area contributed by atoms with E-state index in [4.69, 9.17) is 9.15 Å². The first-order chi connectivity index (χ1) is 12.8. The van der Waals surface area contributed by atoms with Gasteiger partial charge in [0.25, 0.3) is 0 Å². The summed E-state index contributed by atoms with van der Waals surface area (Å²) in [6.45, 7) is 4.84. The molecule has 0 bridgehead atoms. The van der Waals surface area contributed by atoms with E-state index >= 15 is 0 Å². The third-order valence-corrected chi connectivity index (χ3v) is 5.06. The minimum Gasteiger partial charge on any atom is -0.445 e. The summed E-state index contributed by atoms with van der Waals surface area (Å²) in [7, 11) is 0. The lowest BCUT2D eigenvalue weighted by Crippen LogP contribution is -2.46. The number of oxazole rings is 1. The van der Waals surface area contributed by atoms with Gasteiger partial charge in [-0.2, -0.15) is 0 Å². The van der Waals surface area contributed by atoms with E-state index in [0.717, 1.165) is 49.7 Å². The molecule has 1 aromatic carbocycles. The van der Waals surface area contributed by atoms with E-state index in [9.17, 15) is 4.79 Å². The van der Waals surface area contributed by atoms with Crippen molar-refractivity contribution in [2.45, 2.75) is 25.8 Å². The number of hydrogen-bond donors (Lipinski definition) is 0. The first-order valence-electron chi connectivity index (χ1n) is 9.37. The maximum absolute atomic E-state index is 12.6. The molecule has 1 saturated heterocycles. The van der Waals surface area contributed by atoms with Crippen LogP contribution in [0.4, 0.5) is 0 Å². The number of ether oxygens (including phenoxy) is 1. The van der Waals surface area contributed by atoms with Gasteiger partial charge in [-0.3, -0.25) is 9.69 Å². The highest BCUT2D eigenvalue weighted by molar-refractivity contribution is 5.78. The first-order valence-corrected chi connectivity index (χ1v) is 9.37. The maximum Gasteiger partial charge on any atom is 0.237 e. The van der Waals surface area contributed by atoms with E-state index in [1.165, 1.54) is 5.56 Å². The van der Waals surface area contributed by atoms with Crippen LogP contribution in [-0.2, 0) is 35.3 Å². The molecule has 2 aliphatic heterocycles. The molecule has 0 spiro atoms. The molecule has 138 valence electrons. The molecule has 0 saturated carbocycles. The topological polar surface area (TPSA) is 58.8 Å². The fraction of sp³-hybridized carbons (Fsp3) is 0.500. The summed E-state index contributed by atoms with van der Waals surface area (Å²) in [6, 6.07) is 10.4. The monoisotopic (exact) mass is 355 g/mol. The van der Waals surface area contributed by atoms with Crippen molar-refractivity contribution in [1.82, 2.24) is 14.8 Å². The van der Waals surface area contributed by atoms with Crippen LogP contribution in [0, 0.1) is 0 Å². The fourth-order valence-corrected chi connectivity index (χ4v) is 3.52. The molecule has 1 fully saturated rings. The van der Waals surface area contributed by atoms with Crippen molar-refractivity contribution in [1.29, 1.82) is 0 Å². The number of benzene rings is 1. The Labute approximate surface area is 153 Å². The zero-order valence-electron chi connectivity index (χ0n) is 15.0. The average Bonchev–Trinajstić information content (AvgIpc) is 3.10. The molecule has 26 heavy (non-hydrogen) atoms. The Balaban J connectivity index is 1.33. The average molecular weight is 355 g/mol. The van der Waals surface area contributed by atoms with Gasteiger partial charge in [-0.15, -0.1) is 0 Å². The van der Waals surface area contributed by atoms with Gasteiger partial charge in [-0.05, 0) is 12.0 Å². The highest BCUT2D eigenvalue weighted by Gasteiger charge is 2.26. The van der Waals surface area contributed by atoms with Crippen LogP contribution in [0.15, 0.2) is 34.7 Å². The number of aromatic nitrogens is 1. The van der Waals surface area contributed by atoms with Gasteiger partial charge in [0.05, 0.1) is 26.3 Å². The molecule has 2 aromatic rings. The number of rotatable bonds is 5. The number of morpholine rings is 1. The van der Waals surface area contributed by atoms with Crippen LogP contribution in [0.25, 0.3) is 0 Å². The minimum atomic E-state index is 0.173.